The predicted molar refractivity (Wildman–Crippen MR) is 85.2 cm³/mol. The Morgan fingerprint density at radius 3 is 2.28 bits per heavy atom. The van der Waals surface area contributed by atoms with Gasteiger partial charge in [0.15, 0.2) is 0 Å². The molecule has 0 fully saturated rings. The van der Waals surface area contributed by atoms with Crippen molar-refractivity contribution in [2.24, 2.45) is 0 Å². The molecular weight excluding hydrogens is 220 g/mol. The van der Waals surface area contributed by atoms with E-state index in [4.69, 9.17) is 0 Å². The molecule has 0 aliphatic rings. The summed E-state index contributed by atoms with van der Waals surface area (Å²) >= 11 is 0. The summed E-state index contributed by atoms with van der Waals surface area (Å²) in [6.45, 7) is 13.5. The van der Waals surface area contributed by atoms with Gasteiger partial charge in [0.05, 0.1) is 0 Å². The summed E-state index contributed by atoms with van der Waals surface area (Å²) in [7, 11) is 1.96. The lowest BCUT2D eigenvalue weighted by Gasteiger charge is -2.10. The molecule has 0 heterocycles. The minimum absolute atomic E-state index is 0.900. The van der Waals surface area contributed by atoms with E-state index in [1.807, 2.05) is 40.8 Å². The second-order valence-corrected chi connectivity index (χ2v) is 3.19. The first-order valence-corrected chi connectivity index (χ1v) is 6.95. The fourth-order valence-corrected chi connectivity index (χ4v) is 1.35. The van der Waals surface area contributed by atoms with E-state index in [9.17, 15) is 0 Å². The lowest BCUT2D eigenvalue weighted by atomic mass is 10.1. The third kappa shape index (κ3) is 8.82. The zero-order valence-electron chi connectivity index (χ0n) is 12.7. The third-order valence-electron chi connectivity index (χ3n) is 2.05. The molecule has 1 aromatic rings. The average Bonchev–Trinajstić information content (AvgIpc) is 2.46. The Hall–Kier alpha value is -1.28. The quantitative estimate of drug-likeness (QED) is 0.576. The number of nitrogens with one attached hydrogen (secondary N) is 2. The number of para-hydroxylation sites is 1. The summed E-state index contributed by atoms with van der Waals surface area (Å²) in [6, 6.07) is 8.35. The fraction of sp³-hybridized carbons (Fsp3) is 0.500. The molecule has 0 unspecified atom stereocenters. The smallest absolute Gasteiger partial charge is 0.0385 e. The van der Waals surface area contributed by atoms with Crippen LogP contribution in [-0.4, -0.2) is 13.6 Å². The first kappa shape index (κ1) is 19.1. The van der Waals surface area contributed by atoms with Crippen LogP contribution in [0.1, 0.15) is 39.7 Å². The minimum Gasteiger partial charge on any atom is -0.384 e. The summed E-state index contributed by atoms with van der Waals surface area (Å²) in [5.41, 5.74) is 2.52. The van der Waals surface area contributed by atoms with Crippen LogP contribution in [0.15, 0.2) is 36.9 Å². The molecule has 0 bridgehead atoms. The van der Waals surface area contributed by atoms with Gasteiger partial charge in [-0.15, -0.1) is 6.58 Å². The summed E-state index contributed by atoms with van der Waals surface area (Å²) in [6.07, 6.45) is 2.92. The van der Waals surface area contributed by atoms with Crippen molar-refractivity contribution in [3.63, 3.8) is 0 Å². The van der Waals surface area contributed by atoms with Crippen LogP contribution < -0.4 is 10.6 Å². The van der Waals surface area contributed by atoms with Gasteiger partial charge in [0.2, 0.25) is 0 Å². The van der Waals surface area contributed by atoms with Gasteiger partial charge in [-0.1, -0.05) is 52.0 Å². The van der Waals surface area contributed by atoms with E-state index >= 15 is 0 Å². The van der Waals surface area contributed by atoms with Gasteiger partial charge in [-0.2, -0.15) is 0 Å². The topological polar surface area (TPSA) is 24.1 Å². The molecular formula is C16H30N2. The summed E-state index contributed by atoms with van der Waals surface area (Å²) in [4.78, 5) is 0. The molecule has 0 aliphatic heterocycles. The highest BCUT2D eigenvalue weighted by atomic mass is 14.9. The number of hydrogen-bond donors (Lipinski definition) is 2. The van der Waals surface area contributed by atoms with Crippen molar-refractivity contribution in [3.05, 3.63) is 42.5 Å². The maximum Gasteiger partial charge on any atom is 0.0385 e. The van der Waals surface area contributed by atoms with E-state index < -0.39 is 0 Å². The normalized spacial score (nSPS) is 8.28. The number of benzene rings is 1. The Kier molecular flexibility index (Phi) is 16.7. The Morgan fingerprint density at radius 1 is 1.11 bits per heavy atom. The molecule has 0 amide bonds. The molecule has 0 atom stereocenters. The van der Waals surface area contributed by atoms with Crippen molar-refractivity contribution < 1.29 is 0 Å². The molecule has 0 aliphatic carbocycles. The molecule has 0 saturated carbocycles. The van der Waals surface area contributed by atoms with E-state index in [0.29, 0.717) is 0 Å². The second-order valence-electron chi connectivity index (χ2n) is 3.19. The maximum atomic E-state index is 3.70. The van der Waals surface area contributed by atoms with E-state index in [2.05, 4.69) is 41.5 Å². The van der Waals surface area contributed by atoms with E-state index in [0.717, 1.165) is 19.5 Å². The lowest BCUT2D eigenvalue weighted by Crippen LogP contribution is -2.09. The highest BCUT2D eigenvalue weighted by Gasteiger charge is 1.98. The number of anilines is 1. The largest absolute Gasteiger partial charge is 0.384 e. The summed E-state index contributed by atoms with van der Waals surface area (Å²) < 4.78 is 0. The van der Waals surface area contributed by atoms with Gasteiger partial charge in [0.25, 0.3) is 0 Å². The van der Waals surface area contributed by atoms with E-state index in [1.54, 1.807) is 0 Å². The van der Waals surface area contributed by atoms with Crippen molar-refractivity contribution in [1.82, 2.24) is 5.32 Å². The fourth-order valence-electron chi connectivity index (χ4n) is 1.35. The molecule has 2 heteroatoms. The average molecular weight is 250 g/mol. The molecule has 1 rings (SSSR count). The van der Waals surface area contributed by atoms with Crippen LogP contribution in [0, 0.1) is 0 Å². The maximum absolute atomic E-state index is 3.70. The zero-order valence-corrected chi connectivity index (χ0v) is 12.7. The van der Waals surface area contributed by atoms with Gasteiger partial charge >= 0.3 is 0 Å². The Labute approximate surface area is 114 Å². The van der Waals surface area contributed by atoms with Crippen LogP contribution in [0.4, 0.5) is 5.69 Å². The van der Waals surface area contributed by atoms with Crippen LogP contribution in [-0.2, 0) is 6.54 Å². The van der Waals surface area contributed by atoms with Crippen LogP contribution in [0.3, 0.4) is 0 Å². The van der Waals surface area contributed by atoms with E-state index in [-0.39, 0.29) is 0 Å². The van der Waals surface area contributed by atoms with Crippen molar-refractivity contribution in [3.8, 4) is 0 Å². The molecule has 0 spiro atoms. The molecule has 0 radical (unpaired) electrons. The third-order valence-corrected chi connectivity index (χ3v) is 2.05. The van der Waals surface area contributed by atoms with Gasteiger partial charge in [-0.05, 0) is 25.1 Å². The van der Waals surface area contributed by atoms with Gasteiger partial charge < -0.3 is 10.6 Å². The molecule has 0 saturated heterocycles. The Balaban J connectivity index is 0. The molecule has 18 heavy (non-hydrogen) atoms. The minimum atomic E-state index is 0.900. The standard InChI is InChI=1S/C12H18N2.2C2H6/c1-3-4-9-14-12-8-6-5-7-11(12)10-13-2;2*1-2/h3,5-8,13-14H,1,4,9-10H2,2H3;2*1-2H3. The lowest BCUT2D eigenvalue weighted by molar-refractivity contribution is 0.817. The van der Waals surface area contributed by atoms with Gasteiger partial charge in [0.1, 0.15) is 0 Å². The van der Waals surface area contributed by atoms with Crippen LogP contribution in [0.25, 0.3) is 0 Å². The molecule has 2 N–H and O–H groups in total. The predicted octanol–water partition coefficient (Wildman–Crippen LogP) is 4.45. The molecule has 1 aromatic carbocycles. The van der Waals surface area contributed by atoms with Crippen LogP contribution >= 0.6 is 0 Å². The summed E-state index contributed by atoms with van der Waals surface area (Å²) in [5, 5.41) is 6.54. The monoisotopic (exact) mass is 250 g/mol. The Morgan fingerprint density at radius 2 is 1.72 bits per heavy atom. The highest BCUT2D eigenvalue weighted by molar-refractivity contribution is 5.50. The zero-order chi connectivity index (χ0) is 14.2. The number of rotatable bonds is 6. The first-order chi connectivity index (χ1) is 8.88. The van der Waals surface area contributed by atoms with Crippen LogP contribution in [0.2, 0.25) is 0 Å². The van der Waals surface area contributed by atoms with Gasteiger partial charge in [-0.3, -0.25) is 0 Å². The van der Waals surface area contributed by atoms with Crippen molar-refractivity contribution >= 4 is 5.69 Å². The molecule has 2 nitrogen and oxygen atoms in total. The van der Waals surface area contributed by atoms with Gasteiger partial charge in [-0.25, -0.2) is 0 Å². The Bertz CT molecular complexity index is 282. The SMILES string of the molecule is C=CCCNc1ccccc1CNC.CC.CC. The number of hydrogen-bond acceptors (Lipinski definition) is 2. The first-order valence-electron chi connectivity index (χ1n) is 6.95. The van der Waals surface area contributed by atoms with Crippen molar-refractivity contribution in [1.29, 1.82) is 0 Å². The molecule has 104 valence electrons. The van der Waals surface area contributed by atoms with Crippen molar-refractivity contribution in [2.75, 3.05) is 18.9 Å². The molecule has 0 aromatic heterocycles. The summed E-state index contributed by atoms with van der Waals surface area (Å²) in [5.74, 6) is 0. The van der Waals surface area contributed by atoms with Gasteiger partial charge in [0, 0.05) is 18.8 Å². The second kappa shape index (κ2) is 15.7. The van der Waals surface area contributed by atoms with E-state index in [1.165, 1.54) is 11.3 Å². The van der Waals surface area contributed by atoms with Crippen LogP contribution in [0.5, 0.6) is 0 Å². The highest BCUT2D eigenvalue weighted by Crippen LogP contribution is 2.14. The van der Waals surface area contributed by atoms with Crippen molar-refractivity contribution in [2.45, 2.75) is 40.7 Å².